The van der Waals surface area contributed by atoms with Crippen molar-refractivity contribution in [3.63, 3.8) is 0 Å². The summed E-state index contributed by atoms with van der Waals surface area (Å²) in [5.41, 5.74) is 0.568. The third kappa shape index (κ3) is 7.61. The lowest BCUT2D eigenvalue weighted by Crippen LogP contribution is -2.32. The predicted molar refractivity (Wildman–Crippen MR) is 87.8 cm³/mol. The average molecular weight is 341 g/mol. The van der Waals surface area contributed by atoms with Gasteiger partial charge in [0.1, 0.15) is 19.4 Å². The van der Waals surface area contributed by atoms with Crippen molar-refractivity contribution in [1.82, 2.24) is 4.90 Å². The number of hydrogen-bond donors (Lipinski definition) is 0. The summed E-state index contributed by atoms with van der Waals surface area (Å²) in [4.78, 5) is 24.7. The van der Waals surface area contributed by atoms with Gasteiger partial charge in [-0.2, -0.15) is 0 Å². The molecule has 0 N–H and O–H groups in total. The van der Waals surface area contributed by atoms with Crippen molar-refractivity contribution in [3.8, 4) is 0 Å². The first kappa shape index (κ1) is 20.2. The van der Waals surface area contributed by atoms with Gasteiger partial charge < -0.3 is 23.8 Å². The van der Waals surface area contributed by atoms with Gasteiger partial charge in [-0.15, -0.1) is 0 Å². The Kier molecular flexibility index (Phi) is 9.79. The zero-order valence-corrected chi connectivity index (χ0v) is 14.7. The highest BCUT2D eigenvalue weighted by molar-refractivity contribution is 5.88. The normalized spacial score (nSPS) is 15.0. The second-order valence-corrected chi connectivity index (χ2v) is 5.27. The van der Waals surface area contributed by atoms with Gasteiger partial charge in [-0.3, -0.25) is 4.79 Å². The lowest BCUT2D eigenvalue weighted by molar-refractivity contribution is -0.144. The van der Waals surface area contributed by atoms with E-state index in [9.17, 15) is 9.59 Å². The van der Waals surface area contributed by atoms with Crippen LogP contribution in [0, 0.1) is 0 Å². The van der Waals surface area contributed by atoms with E-state index in [2.05, 4.69) is 6.92 Å². The first-order valence-corrected chi connectivity index (χ1v) is 8.14. The smallest absolute Gasteiger partial charge is 0.335 e. The van der Waals surface area contributed by atoms with Crippen molar-refractivity contribution in [3.05, 3.63) is 24.0 Å². The molecule has 1 unspecified atom stereocenters. The maximum Gasteiger partial charge on any atom is 0.335 e. The summed E-state index contributed by atoms with van der Waals surface area (Å²) in [5, 5.41) is 0. The second kappa shape index (κ2) is 11.6. The van der Waals surface area contributed by atoms with Gasteiger partial charge >= 0.3 is 11.9 Å². The molecular weight excluding hydrogens is 314 g/mol. The Morgan fingerprint density at radius 2 is 1.96 bits per heavy atom. The van der Waals surface area contributed by atoms with E-state index in [-0.39, 0.29) is 31.4 Å². The number of carbonyl (C=O) groups is 2. The molecule has 136 valence electrons. The zero-order chi connectivity index (χ0) is 17.8. The fraction of sp³-hybridized carbons (Fsp3) is 0.647. The first-order chi connectivity index (χ1) is 11.6. The third-order valence-electron chi connectivity index (χ3n) is 3.27. The molecule has 0 aromatic rings. The maximum atomic E-state index is 12.0. The molecule has 1 heterocycles. The highest BCUT2D eigenvalue weighted by atomic mass is 16.6. The van der Waals surface area contributed by atoms with Crippen LogP contribution in [-0.4, -0.2) is 56.6 Å². The summed E-state index contributed by atoms with van der Waals surface area (Å²) in [6.07, 6.45) is 7.54. The fourth-order valence-corrected chi connectivity index (χ4v) is 2.14. The molecule has 1 aliphatic rings. The molecule has 7 heteroatoms. The Balaban J connectivity index is 2.57. The molecule has 7 nitrogen and oxygen atoms in total. The number of nitrogens with zero attached hydrogens (tertiary/aromatic N) is 1. The molecule has 0 saturated carbocycles. The molecule has 1 rings (SSSR count). The first-order valence-electron chi connectivity index (χ1n) is 8.14. The fourth-order valence-electron chi connectivity index (χ4n) is 2.14. The van der Waals surface area contributed by atoms with Gasteiger partial charge in [0.2, 0.25) is 0 Å². The minimum Gasteiger partial charge on any atom is -0.463 e. The summed E-state index contributed by atoms with van der Waals surface area (Å²) < 4.78 is 20.7. The van der Waals surface area contributed by atoms with Crippen LogP contribution in [0.4, 0.5) is 0 Å². The van der Waals surface area contributed by atoms with Crippen molar-refractivity contribution in [2.45, 2.75) is 39.3 Å². The standard InChI is InChI=1S/C17H27NO6/c1-4-6-16(23-12-11-22-14(2)19)18-8-5-7-15(13-18)17(20)24-10-9-21-3/h5,8,13,16H,4,6-7,9-12H2,1-3H3. The Hall–Kier alpha value is -1.86. The van der Waals surface area contributed by atoms with Crippen molar-refractivity contribution in [2.24, 2.45) is 0 Å². The number of rotatable bonds is 11. The van der Waals surface area contributed by atoms with Crippen LogP contribution in [0.2, 0.25) is 0 Å². The Labute approximate surface area is 143 Å². The SMILES string of the molecule is CCCC(OCCOC(C)=O)N1C=CCC(C(=O)OCCOC)=C1. The molecule has 0 radical (unpaired) electrons. The zero-order valence-electron chi connectivity index (χ0n) is 14.7. The van der Waals surface area contributed by atoms with Crippen molar-refractivity contribution >= 4 is 11.9 Å². The molecule has 0 aromatic carbocycles. The number of carbonyl (C=O) groups excluding carboxylic acids is 2. The van der Waals surface area contributed by atoms with E-state index in [0.29, 0.717) is 25.2 Å². The van der Waals surface area contributed by atoms with Gasteiger partial charge in [0.25, 0.3) is 0 Å². The van der Waals surface area contributed by atoms with Gasteiger partial charge in [0, 0.05) is 32.9 Å². The van der Waals surface area contributed by atoms with Gasteiger partial charge in [-0.1, -0.05) is 19.4 Å². The molecule has 0 spiro atoms. The van der Waals surface area contributed by atoms with E-state index in [4.69, 9.17) is 18.9 Å². The monoisotopic (exact) mass is 341 g/mol. The molecule has 24 heavy (non-hydrogen) atoms. The lowest BCUT2D eigenvalue weighted by atomic mass is 10.1. The largest absolute Gasteiger partial charge is 0.463 e. The van der Waals surface area contributed by atoms with E-state index < -0.39 is 0 Å². The summed E-state index contributed by atoms with van der Waals surface area (Å²) >= 11 is 0. The Morgan fingerprint density at radius 1 is 1.21 bits per heavy atom. The highest BCUT2D eigenvalue weighted by Crippen LogP contribution is 2.19. The quantitative estimate of drug-likeness (QED) is 0.420. The molecule has 1 atom stereocenters. The van der Waals surface area contributed by atoms with Crippen molar-refractivity contribution in [2.75, 3.05) is 33.5 Å². The van der Waals surface area contributed by atoms with Crippen LogP contribution >= 0.6 is 0 Å². The van der Waals surface area contributed by atoms with E-state index in [1.807, 2.05) is 17.2 Å². The van der Waals surface area contributed by atoms with Crippen LogP contribution in [-0.2, 0) is 28.5 Å². The number of ether oxygens (including phenoxy) is 4. The lowest BCUT2D eigenvalue weighted by Gasteiger charge is -2.30. The van der Waals surface area contributed by atoms with Gasteiger partial charge in [0.15, 0.2) is 0 Å². The van der Waals surface area contributed by atoms with E-state index in [1.54, 1.807) is 13.3 Å². The highest BCUT2D eigenvalue weighted by Gasteiger charge is 2.20. The minimum atomic E-state index is -0.350. The molecule has 0 fully saturated rings. The second-order valence-electron chi connectivity index (χ2n) is 5.27. The molecule has 0 amide bonds. The summed E-state index contributed by atoms with van der Waals surface area (Å²) in [6, 6.07) is 0. The molecule has 0 aliphatic carbocycles. The van der Waals surface area contributed by atoms with Crippen LogP contribution in [0.3, 0.4) is 0 Å². The van der Waals surface area contributed by atoms with Crippen LogP contribution < -0.4 is 0 Å². The molecular formula is C17H27NO6. The number of hydrogen-bond acceptors (Lipinski definition) is 7. The van der Waals surface area contributed by atoms with E-state index in [0.717, 1.165) is 12.8 Å². The average Bonchev–Trinajstić information content (AvgIpc) is 2.57. The van der Waals surface area contributed by atoms with Crippen molar-refractivity contribution < 1.29 is 28.5 Å². The summed E-state index contributed by atoms with van der Waals surface area (Å²) in [6.45, 7) is 4.53. The van der Waals surface area contributed by atoms with Crippen LogP contribution in [0.5, 0.6) is 0 Å². The maximum absolute atomic E-state index is 12.0. The molecule has 0 bridgehead atoms. The summed E-state index contributed by atoms with van der Waals surface area (Å²) in [7, 11) is 1.56. The van der Waals surface area contributed by atoms with Gasteiger partial charge in [0.05, 0.1) is 18.8 Å². The Morgan fingerprint density at radius 3 is 2.62 bits per heavy atom. The molecule has 0 saturated heterocycles. The summed E-state index contributed by atoms with van der Waals surface area (Å²) in [5.74, 6) is -0.680. The molecule has 1 aliphatic heterocycles. The van der Waals surface area contributed by atoms with Crippen molar-refractivity contribution in [1.29, 1.82) is 0 Å². The third-order valence-corrected chi connectivity index (χ3v) is 3.27. The van der Waals surface area contributed by atoms with E-state index >= 15 is 0 Å². The molecule has 0 aromatic heterocycles. The van der Waals surface area contributed by atoms with Crippen LogP contribution in [0.25, 0.3) is 0 Å². The number of allylic oxidation sites excluding steroid dienone is 1. The van der Waals surface area contributed by atoms with Crippen LogP contribution in [0.1, 0.15) is 33.1 Å². The predicted octanol–water partition coefficient (Wildman–Crippen LogP) is 1.99. The number of methoxy groups -OCH3 is 1. The van der Waals surface area contributed by atoms with Gasteiger partial charge in [-0.25, -0.2) is 4.79 Å². The number of esters is 2. The van der Waals surface area contributed by atoms with E-state index in [1.165, 1.54) is 6.92 Å². The Bertz CT molecular complexity index is 460. The van der Waals surface area contributed by atoms with Crippen LogP contribution in [0.15, 0.2) is 24.0 Å². The van der Waals surface area contributed by atoms with Gasteiger partial charge in [-0.05, 0) is 6.42 Å². The topological polar surface area (TPSA) is 74.3 Å². The minimum absolute atomic E-state index is 0.211.